The number of nitrogens with two attached hydrogens (primary N) is 1. The van der Waals surface area contributed by atoms with Crippen molar-refractivity contribution in [2.45, 2.75) is 13.8 Å². The van der Waals surface area contributed by atoms with E-state index in [9.17, 15) is 9.35 Å². The summed E-state index contributed by atoms with van der Waals surface area (Å²) in [5, 5.41) is 6.82. The standard InChI is InChI=1S/C7H13N3O2S/c1-5(2)7(11)10-13(12)6(3-8)4-9/h3-5,8H,9H2,1-2H3,(H,10,11)/b6-4+,8-3?. The first kappa shape index (κ1) is 12.0. The summed E-state index contributed by atoms with van der Waals surface area (Å²) in [6.07, 6.45) is 1.88. The molecule has 0 aromatic heterocycles. The minimum absolute atomic E-state index is 0.0778. The van der Waals surface area contributed by atoms with Gasteiger partial charge in [0.25, 0.3) is 5.91 Å². The van der Waals surface area contributed by atoms with E-state index in [1.165, 1.54) is 0 Å². The summed E-state index contributed by atoms with van der Waals surface area (Å²) in [7, 11) is 0. The quantitative estimate of drug-likeness (QED) is 0.438. The lowest BCUT2D eigenvalue weighted by molar-refractivity contribution is -0.122. The third-order valence-corrected chi connectivity index (χ3v) is 2.31. The van der Waals surface area contributed by atoms with Gasteiger partial charge in [0.15, 0.2) is 0 Å². The van der Waals surface area contributed by atoms with E-state index in [0.717, 1.165) is 12.4 Å². The van der Waals surface area contributed by atoms with Crippen LogP contribution in [-0.4, -0.2) is 16.7 Å². The molecule has 0 aliphatic heterocycles. The van der Waals surface area contributed by atoms with Crippen molar-refractivity contribution in [3.63, 3.8) is 0 Å². The maximum atomic E-state index is 11.2. The Labute approximate surface area is 80.2 Å². The molecule has 74 valence electrons. The Bertz CT molecular complexity index is 228. The molecule has 0 aromatic carbocycles. The first-order valence-corrected chi connectivity index (χ1v) is 4.82. The van der Waals surface area contributed by atoms with Crippen LogP contribution >= 0.6 is 0 Å². The van der Waals surface area contributed by atoms with E-state index >= 15 is 0 Å². The molecule has 0 radical (unpaired) electrons. The van der Waals surface area contributed by atoms with E-state index in [1.807, 2.05) is 0 Å². The maximum absolute atomic E-state index is 11.2. The molecule has 0 aliphatic carbocycles. The molecule has 1 amide bonds. The third kappa shape index (κ3) is 3.95. The van der Waals surface area contributed by atoms with Crippen LogP contribution in [0.15, 0.2) is 11.1 Å². The van der Waals surface area contributed by atoms with Crippen LogP contribution in [0.5, 0.6) is 0 Å². The Balaban J connectivity index is 4.22. The Hall–Kier alpha value is -1.01. The molecule has 0 fully saturated rings. The minimum atomic E-state index is -1.72. The molecular weight excluding hydrogens is 190 g/mol. The van der Waals surface area contributed by atoms with Crippen molar-refractivity contribution in [2.75, 3.05) is 0 Å². The number of nitrogens with one attached hydrogen (secondary N) is 2. The molecule has 0 aromatic rings. The fourth-order valence-electron chi connectivity index (χ4n) is 0.432. The molecule has 1 unspecified atom stereocenters. The van der Waals surface area contributed by atoms with Crippen molar-refractivity contribution in [3.05, 3.63) is 11.1 Å². The monoisotopic (exact) mass is 203 g/mol. The van der Waals surface area contributed by atoms with Crippen LogP contribution in [0.2, 0.25) is 0 Å². The summed E-state index contributed by atoms with van der Waals surface area (Å²) < 4.78 is 13.4. The van der Waals surface area contributed by atoms with E-state index < -0.39 is 11.4 Å². The van der Waals surface area contributed by atoms with Crippen LogP contribution in [-0.2, 0) is 16.2 Å². The predicted molar refractivity (Wildman–Crippen MR) is 52.2 cm³/mol. The Kier molecular flexibility index (Phi) is 5.17. The topological polar surface area (TPSA) is 102 Å². The van der Waals surface area contributed by atoms with Gasteiger partial charge in [0.1, 0.15) is 11.4 Å². The number of hydrogen-bond donors (Lipinski definition) is 3. The fraction of sp³-hybridized carbons (Fsp3) is 0.429. The number of carbonyl (C=O) groups excluding carboxylic acids is 1. The Morgan fingerprint density at radius 1 is 1.69 bits per heavy atom. The molecule has 6 heteroatoms. The van der Waals surface area contributed by atoms with Crippen LogP contribution in [0.3, 0.4) is 0 Å². The maximum Gasteiger partial charge on any atom is 0.264 e. The Morgan fingerprint density at radius 3 is 2.54 bits per heavy atom. The molecule has 13 heavy (non-hydrogen) atoms. The van der Waals surface area contributed by atoms with Gasteiger partial charge in [-0.25, -0.2) is 0 Å². The molecule has 0 saturated carbocycles. The van der Waals surface area contributed by atoms with Gasteiger partial charge in [-0.3, -0.25) is 4.79 Å². The van der Waals surface area contributed by atoms with Gasteiger partial charge < -0.3 is 15.7 Å². The molecule has 0 rings (SSSR count). The molecule has 0 heterocycles. The minimum Gasteiger partial charge on any atom is -0.588 e. The molecule has 5 nitrogen and oxygen atoms in total. The lowest BCUT2D eigenvalue weighted by Crippen LogP contribution is -2.35. The van der Waals surface area contributed by atoms with Gasteiger partial charge in [-0.15, -0.1) is 0 Å². The zero-order valence-corrected chi connectivity index (χ0v) is 8.35. The third-order valence-electron chi connectivity index (χ3n) is 1.24. The highest BCUT2D eigenvalue weighted by Crippen LogP contribution is 2.01. The van der Waals surface area contributed by atoms with E-state index in [-0.39, 0.29) is 16.7 Å². The molecule has 0 spiro atoms. The normalized spacial score (nSPS) is 14.0. The second-order valence-electron chi connectivity index (χ2n) is 2.60. The number of rotatable bonds is 4. The number of hydrogen-bond acceptors (Lipinski definition) is 4. The summed E-state index contributed by atoms with van der Waals surface area (Å²) in [4.78, 5) is 11.1. The summed E-state index contributed by atoms with van der Waals surface area (Å²) in [5.74, 6) is -0.576. The van der Waals surface area contributed by atoms with E-state index in [4.69, 9.17) is 11.1 Å². The zero-order valence-electron chi connectivity index (χ0n) is 7.53. The first-order chi connectivity index (χ1) is 6.02. The molecule has 0 aliphatic rings. The van der Waals surface area contributed by atoms with E-state index in [2.05, 4.69) is 4.72 Å². The van der Waals surface area contributed by atoms with Gasteiger partial charge in [0.2, 0.25) is 4.91 Å². The van der Waals surface area contributed by atoms with E-state index in [1.54, 1.807) is 13.8 Å². The van der Waals surface area contributed by atoms with Crippen molar-refractivity contribution >= 4 is 23.5 Å². The highest BCUT2D eigenvalue weighted by molar-refractivity contribution is 7.94. The van der Waals surface area contributed by atoms with Crippen LogP contribution in [0.4, 0.5) is 0 Å². The van der Waals surface area contributed by atoms with Gasteiger partial charge in [-0.1, -0.05) is 13.8 Å². The molecule has 1 atom stereocenters. The van der Waals surface area contributed by atoms with Gasteiger partial charge in [-0.05, 0) is 0 Å². The highest BCUT2D eigenvalue weighted by atomic mass is 32.2. The highest BCUT2D eigenvalue weighted by Gasteiger charge is 2.18. The van der Waals surface area contributed by atoms with Crippen molar-refractivity contribution < 1.29 is 9.35 Å². The predicted octanol–water partition coefficient (Wildman–Crippen LogP) is -0.128. The Morgan fingerprint density at radius 2 is 2.23 bits per heavy atom. The van der Waals surface area contributed by atoms with E-state index in [0.29, 0.717) is 0 Å². The second-order valence-corrected chi connectivity index (χ2v) is 3.82. The van der Waals surface area contributed by atoms with Crippen LogP contribution in [0.1, 0.15) is 13.8 Å². The van der Waals surface area contributed by atoms with Crippen molar-refractivity contribution in [3.8, 4) is 0 Å². The second kappa shape index (κ2) is 5.60. The van der Waals surface area contributed by atoms with Crippen LogP contribution in [0.25, 0.3) is 0 Å². The fourth-order valence-corrected chi connectivity index (χ4v) is 1.20. The molecule has 4 N–H and O–H groups in total. The molecular formula is C7H13N3O2S. The largest absolute Gasteiger partial charge is 0.588 e. The molecule has 0 saturated heterocycles. The average molecular weight is 203 g/mol. The lowest BCUT2D eigenvalue weighted by atomic mass is 10.2. The summed E-state index contributed by atoms with van der Waals surface area (Å²) in [6.45, 7) is 3.37. The summed E-state index contributed by atoms with van der Waals surface area (Å²) in [6, 6.07) is 0. The zero-order chi connectivity index (χ0) is 10.4. The van der Waals surface area contributed by atoms with Crippen molar-refractivity contribution in [1.82, 2.24) is 4.72 Å². The van der Waals surface area contributed by atoms with Gasteiger partial charge in [0.05, 0.1) is 12.4 Å². The van der Waals surface area contributed by atoms with Gasteiger partial charge >= 0.3 is 0 Å². The average Bonchev–Trinajstić information content (AvgIpc) is 2.06. The van der Waals surface area contributed by atoms with Crippen molar-refractivity contribution in [2.24, 2.45) is 11.7 Å². The van der Waals surface area contributed by atoms with Crippen LogP contribution in [0, 0.1) is 11.3 Å². The lowest BCUT2D eigenvalue weighted by Gasteiger charge is -2.11. The SMILES string of the molecule is CC(C)C(=O)N[S+]([O-])/C(C=N)=C/N. The number of carbonyl (C=O) groups is 1. The number of allylic oxidation sites excluding steroid dienone is 1. The van der Waals surface area contributed by atoms with Gasteiger partial charge in [-0.2, -0.15) is 4.72 Å². The molecule has 0 bridgehead atoms. The summed E-state index contributed by atoms with van der Waals surface area (Å²) in [5.41, 5.74) is 5.08. The summed E-state index contributed by atoms with van der Waals surface area (Å²) >= 11 is -1.72. The van der Waals surface area contributed by atoms with Crippen molar-refractivity contribution in [1.29, 1.82) is 5.41 Å². The first-order valence-electron chi connectivity index (χ1n) is 3.67. The van der Waals surface area contributed by atoms with Crippen LogP contribution < -0.4 is 10.5 Å². The smallest absolute Gasteiger partial charge is 0.264 e. The van der Waals surface area contributed by atoms with Gasteiger partial charge in [0, 0.05) is 5.92 Å². The number of amides is 1.